The van der Waals surface area contributed by atoms with E-state index in [0.29, 0.717) is 19.1 Å². The molecule has 2 aromatic rings. The lowest BCUT2D eigenvalue weighted by Gasteiger charge is -2.08. The Morgan fingerprint density at radius 1 is 1.05 bits per heavy atom. The smallest absolute Gasteiger partial charge is 0.0813 e. The highest BCUT2D eigenvalue weighted by Crippen LogP contribution is 2.12. The molecule has 0 aliphatic heterocycles. The second-order valence-corrected chi connectivity index (χ2v) is 6.77. The Labute approximate surface area is 132 Å². The zero-order valence-electron chi connectivity index (χ0n) is 13.0. The van der Waals surface area contributed by atoms with E-state index in [2.05, 4.69) is 60.9 Å². The van der Waals surface area contributed by atoms with Crippen LogP contribution in [0.1, 0.15) is 29.9 Å². The average molecular weight is 303 g/mol. The van der Waals surface area contributed by atoms with E-state index in [-0.39, 0.29) is 0 Å². The van der Waals surface area contributed by atoms with Crippen LogP contribution >= 0.6 is 11.3 Å². The average Bonchev–Trinajstić information content (AvgIpc) is 2.98. The number of nitrogens with one attached hydrogen (secondary N) is 1. The number of benzene rings is 1. The van der Waals surface area contributed by atoms with Crippen LogP contribution in [-0.4, -0.2) is 13.1 Å². The molecule has 0 spiro atoms. The minimum atomic E-state index is 0.684. The lowest BCUT2D eigenvalue weighted by atomic mass is 10.1. The molecule has 1 N–H and O–H groups in total. The quantitative estimate of drug-likeness (QED) is 0.699. The number of thiophene rings is 1. The summed E-state index contributed by atoms with van der Waals surface area (Å²) in [6, 6.07) is 12.9. The lowest BCUT2D eigenvalue weighted by Crippen LogP contribution is -2.22. The van der Waals surface area contributed by atoms with Crippen molar-refractivity contribution in [1.29, 1.82) is 0 Å². The fourth-order valence-electron chi connectivity index (χ4n) is 2.09. The maximum atomic E-state index is 5.73. The summed E-state index contributed by atoms with van der Waals surface area (Å²) in [5, 5.41) is 5.56. The second kappa shape index (κ2) is 8.98. The molecule has 1 heterocycles. The Hall–Kier alpha value is -1.16. The first-order valence-electron chi connectivity index (χ1n) is 7.62. The molecule has 0 unspecified atom stereocenters. The zero-order chi connectivity index (χ0) is 14.9. The minimum absolute atomic E-state index is 0.684. The van der Waals surface area contributed by atoms with Crippen LogP contribution in [-0.2, 0) is 24.4 Å². The van der Waals surface area contributed by atoms with Gasteiger partial charge in [0.2, 0.25) is 0 Å². The largest absolute Gasteiger partial charge is 0.371 e. The van der Waals surface area contributed by atoms with Gasteiger partial charge >= 0.3 is 0 Å². The van der Waals surface area contributed by atoms with Crippen LogP contribution in [0, 0.1) is 5.92 Å². The molecule has 0 saturated carbocycles. The number of hydrogen-bond donors (Lipinski definition) is 1. The topological polar surface area (TPSA) is 21.3 Å². The summed E-state index contributed by atoms with van der Waals surface area (Å²) in [6.45, 7) is 8.00. The van der Waals surface area contributed by atoms with Crippen LogP contribution < -0.4 is 5.32 Å². The molecular weight excluding hydrogens is 278 g/mol. The summed E-state index contributed by atoms with van der Waals surface area (Å²) in [5.74, 6) is 0.716. The van der Waals surface area contributed by atoms with Gasteiger partial charge in [-0.1, -0.05) is 44.2 Å². The molecule has 21 heavy (non-hydrogen) atoms. The summed E-state index contributed by atoms with van der Waals surface area (Å²) in [7, 11) is 0. The van der Waals surface area contributed by atoms with E-state index in [0.717, 1.165) is 19.5 Å². The molecule has 2 rings (SSSR count). The number of hydrogen-bond acceptors (Lipinski definition) is 3. The molecule has 114 valence electrons. The summed E-state index contributed by atoms with van der Waals surface area (Å²) < 4.78 is 5.73. The fraction of sp³-hybridized carbons (Fsp3) is 0.444. The van der Waals surface area contributed by atoms with Crippen molar-refractivity contribution in [2.24, 2.45) is 5.92 Å². The van der Waals surface area contributed by atoms with E-state index in [1.807, 2.05) is 0 Å². The molecule has 0 fully saturated rings. The molecule has 3 heteroatoms. The predicted molar refractivity (Wildman–Crippen MR) is 90.7 cm³/mol. The van der Waals surface area contributed by atoms with E-state index in [4.69, 9.17) is 4.74 Å². The maximum Gasteiger partial charge on any atom is 0.0813 e. The zero-order valence-corrected chi connectivity index (χ0v) is 13.8. The Kier molecular flexibility index (Phi) is 6.93. The van der Waals surface area contributed by atoms with Crippen LogP contribution in [0.15, 0.2) is 41.8 Å². The van der Waals surface area contributed by atoms with Crippen molar-refractivity contribution in [3.05, 3.63) is 57.8 Å². The van der Waals surface area contributed by atoms with Gasteiger partial charge in [-0.25, -0.2) is 0 Å². The summed E-state index contributed by atoms with van der Waals surface area (Å²) in [4.78, 5) is 1.28. The molecule has 1 aromatic heterocycles. The molecule has 0 saturated heterocycles. The number of rotatable bonds is 9. The number of ether oxygens (including phenoxy) is 1. The highest BCUT2D eigenvalue weighted by atomic mass is 32.1. The van der Waals surface area contributed by atoms with E-state index in [1.165, 1.54) is 16.0 Å². The Balaban J connectivity index is 1.66. The first-order chi connectivity index (χ1) is 10.2. The van der Waals surface area contributed by atoms with Crippen molar-refractivity contribution in [2.45, 2.75) is 33.5 Å². The second-order valence-electron chi connectivity index (χ2n) is 5.74. The van der Waals surface area contributed by atoms with Crippen LogP contribution in [0.25, 0.3) is 0 Å². The van der Waals surface area contributed by atoms with E-state index < -0.39 is 0 Å². The Morgan fingerprint density at radius 2 is 1.81 bits per heavy atom. The lowest BCUT2D eigenvalue weighted by molar-refractivity contribution is 0.109. The van der Waals surface area contributed by atoms with Crippen molar-refractivity contribution in [3.63, 3.8) is 0 Å². The van der Waals surface area contributed by atoms with Crippen molar-refractivity contribution in [3.8, 4) is 0 Å². The third-order valence-electron chi connectivity index (χ3n) is 3.26. The first-order valence-corrected chi connectivity index (χ1v) is 8.50. The van der Waals surface area contributed by atoms with Crippen LogP contribution in [0.2, 0.25) is 0 Å². The molecule has 0 amide bonds. The third kappa shape index (κ3) is 6.42. The Bertz CT molecular complexity index is 490. The van der Waals surface area contributed by atoms with Gasteiger partial charge in [-0.2, -0.15) is 0 Å². The van der Waals surface area contributed by atoms with Gasteiger partial charge in [-0.05, 0) is 48.0 Å². The fourth-order valence-corrected chi connectivity index (χ4v) is 2.73. The molecular formula is C18H25NOS. The van der Waals surface area contributed by atoms with E-state index in [9.17, 15) is 0 Å². The molecule has 0 radical (unpaired) electrons. The first kappa shape index (κ1) is 16.2. The van der Waals surface area contributed by atoms with Crippen molar-refractivity contribution < 1.29 is 4.74 Å². The summed E-state index contributed by atoms with van der Waals surface area (Å²) >= 11 is 1.74. The summed E-state index contributed by atoms with van der Waals surface area (Å²) in [6.07, 6.45) is 1.09. The molecule has 2 nitrogen and oxygen atoms in total. The summed E-state index contributed by atoms with van der Waals surface area (Å²) in [5.41, 5.74) is 2.62. The van der Waals surface area contributed by atoms with Gasteiger partial charge in [-0.15, -0.1) is 11.3 Å². The van der Waals surface area contributed by atoms with Gasteiger partial charge < -0.3 is 10.1 Å². The van der Waals surface area contributed by atoms with Crippen LogP contribution in [0.5, 0.6) is 0 Å². The molecule has 0 aliphatic carbocycles. The molecule has 1 aromatic carbocycles. The standard InChI is InChI=1S/C18H25NOS/c1-15(2)12-19-10-9-16-5-7-17(8-6-16)13-20-14-18-4-3-11-21-18/h3-8,11,15,19H,9-10,12-14H2,1-2H3. The van der Waals surface area contributed by atoms with E-state index in [1.54, 1.807) is 11.3 Å². The molecule has 0 atom stereocenters. The van der Waals surface area contributed by atoms with Gasteiger partial charge in [0, 0.05) is 4.88 Å². The Morgan fingerprint density at radius 3 is 2.48 bits per heavy atom. The van der Waals surface area contributed by atoms with Crippen LogP contribution in [0.3, 0.4) is 0 Å². The van der Waals surface area contributed by atoms with Gasteiger partial charge in [0.1, 0.15) is 0 Å². The highest BCUT2D eigenvalue weighted by Gasteiger charge is 1.98. The normalized spacial score (nSPS) is 11.2. The highest BCUT2D eigenvalue weighted by molar-refractivity contribution is 7.09. The van der Waals surface area contributed by atoms with Crippen LogP contribution in [0.4, 0.5) is 0 Å². The van der Waals surface area contributed by atoms with Gasteiger partial charge in [0.15, 0.2) is 0 Å². The molecule has 0 bridgehead atoms. The molecule has 0 aliphatic rings. The van der Waals surface area contributed by atoms with Gasteiger partial charge in [0.05, 0.1) is 13.2 Å². The van der Waals surface area contributed by atoms with Crippen molar-refractivity contribution >= 4 is 11.3 Å². The van der Waals surface area contributed by atoms with E-state index >= 15 is 0 Å². The van der Waals surface area contributed by atoms with Gasteiger partial charge in [-0.3, -0.25) is 0 Å². The van der Waals surface area contributed by atoms with Gasteiger partial charge in [0.25, 0.3) is 0 Å². The third-order valence-corrected chi connectivity index (χ3v) is 4.11. The monoisotopic (exact) mass is 303 g/mol. The maximum absolute atomic E-state index is 5.73. The minimum Gasteiger partial charge on any atom is -0.371 e. The predicted octanol–water partition coefficient (Wildman–Crippen LogP) is 4.25. The van der Waals surface area contributed by atoms with Crippen molar-refractivity contribution in [2.75, 3.05) is 13.1 Å². The van der Waals surface area contributed by atoms with Crippen molar-refractivity contribution in [1.82, 2.24) is 5.32 Å². The SMILES string of the molecule is CC(C)CNCCc1ccc(COCc2cccs2)cc1.